The maximum Gasteiger partial charge on any atom is 2.00 e. The van der Waals surface area contributed by atoms with Crippen LogP contribution in [-0.2, 0) is 34.1 Å². The summed E-state index contributed by atoms with van der Waals surface area (Å²) in [5, 5.41) is 21.4. The Balaban J connectivity index is -0.000000108. The molecule has 6 N–H and O–H groups in total. The molecule has 0 aliphatic rings. The third kappa shape index (κ3) is 63.2. The first kappa shape index (κ1) is 42.7. The van der Waals surface area contributed by atoms with Gasteiger partial charge in [-0.25, -0.2) is 47.2 Å². The van der Waals surface area contributed by atoms with E-state index in [-0.39, 0.29) is 60.3 Å². The quantitative estimate of drug-likeness (QED) is 0.138. The summed E-state index contributed by atoms with van der Waals surface area (Å²) in [6.45, 7) is 0.803. The van der Waals surface area contributed by atoms with E-state index in [1.165, 1.54) is 0 Å². The molecule has 2 aromatic heterocycles. The number of rotatable bonds is 4. The molecule has 0 aliphatic heterocycles. The zero-order valence-corrected chi connectivity index (χ0v) is 20.1. The van der Waals surface area contributed by atoms with Crippen molar-refractivity contribution in [3.8, 4) is 0 Å². The van der Waals surface area contributed by atoms with Gasteiger partial charge in [-0.2, -0.15) is 0 Å². The maximum absolute atomic E-state index is 10.7. The number of hydrogen-bond acceptors (Lipinski definition) is 16. The molecule has 0 atom stereocenters. The van der Waals surface area contributed by atoms with E-state index in [9.17, 15) is 10.2 Å². The Kier molecular flexibility index (Phi) is 35.0. The Bertz CT molecular complexity index is 569. The van der Waals surface area contributed by atoms with Crippen LogP contribution in [-0.4, -0.2) is 57.9 Å². The molecule has 2 rings (SSSR count). The van der Waals surface area contributed by atoms with Crippen LogP contribution in [0.15, 0.2) is 47.4 Å². The second kappa shape index (κ2) is 27.8. The molecule has 0 amide bonds. The summed E-state index contributed by atoms with van der Waals surface area (Å²) in [5.41, 5.74) is 10.1. The maximum atomic E-state index is 10.7. The van der Waals surface area contributed by atoms with Crippen LogP contribution in [0.4, 0.5) is 0 Å². The Morgan fingerprint density at radius 1 is 0.676 bits per heavy atom. The molecule has 0 aromatic carbocycles. The summed E-state index contributed by atoms with van der Waals surface area (Å²) in [6.07, 6.45) is 10.2. The molecular weight excluding hydrogens is 614 g/mol. The van der Waals surface area contributed by atoms with Gasteiger partial charge >= 0.3 is 34.1 Å². The van der Waals surface area contributed by atoms with E-state index >= 15 is 0 Å². The van der Waals surface area contributed by atoms with Crippen LogP contribution in [0.5, 0.6) is 0 Å². The second-order valence-corrected chi connectivity index (χ2v) is 5.74. The van der Waals surface area contributed by atoms with Gasteiger partial charge in [-0.05, 0) is 11.8 Å². The zero-order valence-electron chi connectivity index (χ0n) is 16.7. The van der Waals surface area contributed by atoms with Crippen LogP contribution in [0.2, 0.25) is 0 Å². The molecule has 0 saturated carbocycles. The Labute approximate surface area is 218 Å². The van der Waals surface area contributed by atoms with Crippen LogP contribution >= 0.6 is 0 Å². The normalized spacial score (nSPS) is 10.6. The Hall–Kier alpha value is -1.42. The summed E-state index contributed by atoms with van der Waals surface area (Å²) < 4.78 is 67.9. The van der Waals surface area contributed by atoms with Gasteiger partial charge in [0.25, 0.3) is 0 Å². The molecule has 2 aromatic rings. The summed E-state index contributed by atoms with van der Waals surface area (Å²) in [5.74, 6) is -1.71. The first-order valence-electron chi connectivity index (χ1n) is 7.64. The molecule has 0 spiro atoms. The number of nitrogens with two attached hydrogens (primary N) is 2. The second-order valence-electron chi connectivity index (χ2n) is 4.23. The average Bonchev–Trinajstić information content (AvgIpc) is 3.39. The molecule has 0 unspecified atom stereocenters. The fourth-order valence-corrected chi connectivity index (χ4v) is 0.898. The van der Waals surface area contributed by atoms with E-state index in [0.29, 0.717) is 0 Å². The Morgan fingerprint density at radius 2 is 0.941 bits per heavy atom. The van der Waals surface area contributed by atoms with E-state index in [2.05, 4.69) is 29.9 Å². The number of aliphatic imine (C=N–C) groups is 2. The van der Waals surface area contributed by atoms with E-state index in [4.69, 9.17) is 48.7 Å². The summed E-state index contributed by atoms with van der Waals surface area (Å²) in [6, 6.07) is 0. The topological polar surface area (TPSA) is 365 Å². The molecule has 22 heteroatoms. The first-order chi connectivity index (χ1) is 14.7. The monoisotopic (exact) mass is 632 g/mol. The van der Waals surface area contributed by atoms with Crippen LogP contribution < -0.4 is 59.0 Å². The van der Waals surface area contributed by atoms with Gasteiger partial charge in [0, 0.05) is 37.9 Å². The number of aromatic amines is 2. The van der Waals surface area contributed by atoms with Crippen LogP contribution in [0.1, 0.15) is 0 Å². The van der Waals surface area contributed by atoms with Crippen molar-refractivity contribution in [1.82, 2.24) is 19.9 Å². The van der Waals surface area contributed by atoms with Gasteiger partial charge in [0.05, 0.1) is 25.7 Å². The van der Waals surface area contributed by atoms with Crippen molar-refractivity contribution in [1.29, 1.82) is 0 Å². The van der Waals surface area contributed by atoms with Gasteiger partial charge in [0.2, 0.25) is 0 Å². The Morgan fingerprint density at radius 3 is 1.06 bits per heavy atom. The molecule has 0 saturated heterocycles. The van der Waals surface area contributed by atoms with Crippen molar-refractivity contribution in [2.75, 3.05) is 26.2 Å². The van der Waals surface area contributed by atoms with Crippen molar-refractivity contribution in [2.45, 2.75) is 0 Å². The zero-order chi connectivity index (χ0) is 25.5. The van der Waals surface area contributed by atoms with Gasteiger partial charge < -0.3 is 31.6 Å². The summed E-state index contributed by atoms with van der Waals surface area (Å²) in [4.78, 5) is 19.5. The number of nitrogens with zero attached hydrogens (tertiary/aromatic N) is 4. The number of halogens is 2. The van der Waals surface area contributed by atoms with Gasteiger partial charge in [0.1, 0.15) is 0 Å². The molecule has 0 aliphatic carbocycles. The van der Waals surface area contributed by atoms with E-state index < -0.39 is 32.3 Å². The van der Waals surface area contributed by atoms with Crippen LogP contribution in [0.25, 0.3) is 0 Å². The van der Waals surface area contributed by atoms with E-state index in [1.54, 1.807) is 37.4 Å². The van der Waals surface area contributed by atoms with Crippen molar-refractivity contribution >= 4 is 11.8 Å². The molecule has 34 heavy (non-hydrogen) atoms. The largest absolute Gasteiger partial charge is 2.00 e. The van der Waals surface area contributed by atoms with Gasteiger partial charge in [0.15, 0.2) is 0 Å². The summed E-state index contributed by atoms with van der Waals surface area (Å²) >= 11 is 0. The van der Waals surface area contributed by atoms with Gasteiger partial charge in [-0.15, -0.1) is 20.5 Å². The molecule has 204 valence electrons. The van der Waals surface area contributed by atoms with Crippen molar-refractivity contribution in [3.05, 3.63) is 37.4 Å². The van der Waals surface area contributed by atoms with Crippen molar-refractivity contribution in [3.63, 3.8) is 0 Å². The third-order valence-corrected chi connectivity index (χ3v) is 1.76. The molecule has 0 bridgehead atoms. The number of hydrogen-bond donors (Lipinski definition) is 4. The van der Waals surface area contributed by atoms with Crippen molar-refractivity contribution < 1.29 is 102 Å². The average molecular weight is 634 g/mol. The predicted octanol–water partition coefficient (Wildman–Crippen LogP) is -12.3. The van der Waals surface area contributed by atoms with E-state index in [1.807, 2.05) is 0 Å². The van der Waals surface area contributed by atoms with Crippen LogP contribution in [0.3, 0.4) is 0 Å². The molecule has 18 nitrogen and oxygen atoms in total. The van der Waals surface area contributed by atoms with Crippen LogP contribution in [0, 0.1) is 20.5 Å². The number of aromatic nitrogens is 4. The van der Waals surface area contributed by atoms with Gasteiger partial charge in [-0.1, -0.05) is 0 Å². The summed E-state index contributed by atoms with van der Waals surface area (Å²) in [7, 11) is -9.89. The minimum absolute atomic E-state index is 0. The molecule has 2 heterocycles. The number of nitrogens with one attached hydrogen (secondary N) is 2. The third-order valence-electron chi connectivity index (χ3n) is 1.76. The number of H-pyrrole nitrogens is 2. The standard InChI is InChI=1S/C6H14N4O2.2C3H4N2.2ClHO4.2Cu/c7-1-3-9-5(11)6(12)10-4-2-8;2*1-2-5-3-4-1;2*2-1(3,4)5;;/h1-4,7-8H2,(H,9,11)(H,10,12);2*1-3H,(H,4,5);2*(H,2,3,4,5);;/q;;;;;2*+2/p-4. The van der Waals surface area contributed by atoms with E-state index in [0.717, 1.165) is 0 Å². The fourth-order valence-electron chi connectivity index (χ4n) is 0.898. The first-order valence-corrected chi connectivity index (χ1v) is 10.1. The smallest absolute Gasteiger partial charge is 0.858 e. The van der Waals surface area contributed by atoms with Gasteiger partial charge in [-0.3, -0.25) is 9.98 Å². The molecule has 2 radical (unpaired) electrons. The molecular formula is C12H20Cl2Cu2N8O10. The fraction of sp³-hybridized carbons (Fsp3) is 0.333. The minimum atomic E-state index is -4.94. The predicted molar refractivity (Wildman–Crippen MR) is 79.9 cm³/mol. The molecule has 0 fully saturated rings. The minimum Gasteiger partial charge on any atom is -0.858 e. The SMILES string of the molecule is NCCN=C([O-])C([O-])=NCCN.[Cu+2].[Cu+2].[O-][Cl+3]([O-])([O-])[O-].[O-][Cl+3]([O-])([O-])[O-].c1c[nH]cn1.c1c[nH]cn1. The number of imidazole rings is 2. The van der Waals surface area contributed by atoms with Crippen molar-refractivity contribution in [2.24, 2.45) is 21.5 Å².